The maximum absolute atomic E-state index is 12.0. The summed E-state index contributed by atoms with van der Waals surface area (Å²) in [6.45, 7) is 12.9. The van der Waals surface area contributed by atoms with Crippen molar-refractivity contribution in [2.24, 2.45) is 4.99 Å². The zero-order valence-electron chi connectivity index (χ0n) is 14.9. The molecule has 132 valence electrons. The zero-order valence-corrected chi connectivity index (χ0v) is 15.7. The van der Waals surface area contributed by atoms with Gasteiger partial charge in [-0.2, -0.15) is 0 Å². The minimum absolute atomic E-state index is 0.188. The first-order valence-electron chi connectivity index (χ1n) is 8.15. The molecule has 0 amide bonds. The van der Waals surface area contributed by atoms with Crippen molar-refractivity contribution in [2.75, 3.05) is 25.4 Å². The molecule has 0 fully saturated rings. The molecule has 2 N–H and O–H groups in total. The molecule has 0 aliphatic rings. The molecule has 1 atom stereocenters. The highest BCUT2D eigenvalue weighted by molar-refractivity contribution is 7.86. The van der Waals surface area contributed by atoms with Gasteiger partial charge in [-0.1, -0.05) is 6.92 Å². The van der Waals surface area contributed by atoms with E-state index in [2.05, 4.69) is 32.7 Å². The lowest BCUT2D eigenvalue weighted by atomic mass is 10.3. The Hall–Kier alpha value is -1.44. The Balaban J connectivity index is 2.45. The lowest BCUT2D eigenvalue weighted by molar-refractivity contribution is 0.632. The van der Waals surface area contributed by atoms with Crippen molar-refractivity contribution < 1.29 is 4.21 Å². The van der Waals surface area contributed by atoms with E-state index in [0.717, 1.165) is 37.8 Å². The van der Waals surface area contributed by atoms with Gasteiger partial charge in [0.15, 0.2) is 5.96 Å². The number of aryl methyl sites for hydroxylation is 1. The van der Waals surface area contributed by atoms with Gasteiger partial charge in [-0.05, 0) is 27.7 Å². The van der Waals surface area contributed by atoms with Crippen LogP contribution in [0.3, 0.4) is 0 Å². The molecule has 23 heavy (non-hydrogen) atoms. The Labute approximate surface area is 141 Å². The topological polar surface area (TPSA) is 84.2 Å². The molecule has 0 aliphatic heterocycles. The van der Waals surface area contributed by atoms with Crippen LogP contribution in [0, 0.1) is 0 Å². The summed E-state index contributed by atoms with van der Waals surface area (Å²) in [5, 5.41) is 14.5. The van der Waals surface area contributed by atoms with Crippen LogP contribution in [-0.2, 0) is 23.8 Å². The summed E-state index contributed by atoms with van der Waals surface area (Å²) in [7, 11) is -0.875. The Bertz CT molecular complexity index is 520. The van der Waals surface area contributed by atoms with Gasteiger partial charge < -0.3 is 15.2 Å². The van der Waals surface area contributed by atoms with Crippen LogP contribution in [0.25, 0.3) is 0 Å². The SMILES string of the molecule is CCNC(=NCCS(=O)C(C)(C)C)NCCn1cnnc1CC. The van der Waals surface area contributed by atoms with Crippen LogP contribution in [0.15, 0.2) is 11.3 Å². The van der Waals surface area contributed by atoms with Crippen molar-refractivity contribution in [3.8, 4) is 0 Å². The molecule has 1 unspecified atom stereocenters. The average molecular weight is 343 g/mol. The van der Waals surface area contributed by atoms with Gasteiger partial charge in [0.25, 0.3) is 0 Å². The Morgan fingerprint density at radius 3 is 2.70 bits per heavy atom. The highest BCUT2D eigenvalue weighted by Crippen LogP contribution is 2.10. The van der Waals surface area contributed by atoms with Gasteiger partial charge in [0.2, 0.25) is 0 Å². The molecule has 0 saturated carbocycles. The molecular weight excluding hydrogens is 312 g/mol. The highest BCUT2D eigenvalue weighted by Gasteiger charge is 2.18. The molecule has 1 aromatic heterocycles. The number of guanidine groups is 1. The standard InChI is InChI=1S/C15H30N6OS/c1-6-13-20-19-12-21(13)10-8-17-14(16-7-2)18-9-11-23(22)15(3,4)5/h12H,6-11H2,1-5H3,(H2,16,17,18). The van der Waals surface area contributed by atoms with E-state index in [1.165, 1.54) is 0 Å². The first-order valence-corrected chi connectivity index (χ1v) is 9.47. The molecule has 0 saturated heterocycles. The summed E-state index contributed by atoms with van der Waals surface area (Å²) >= 11 is 0. The molecule has 0 aromatic carbocycles. The normalized spacial score (nSPS) is 13.9. The molecule has 8 heteroatoms. The van der Waals surface area contributed by atoms with Crippen molar-refractivity contribution >= 4 is 16.8 Å². The highest BCUT2D eigenvalue weighted by atomic mass is 32.2. The minimum Gasteiger partial charge on any atom is -0.357 e. The number of hydrogen-bond acceptors (Lipinski definition) is 4. The van der Waals surface area contributed by atoms with Gasteiger partial charge in [0.05, 0.1) is 6.54 Å². The van der Waals surface area contributed by atoms with Gasteiger partial charge in [-0.25, -0.2) is 0 Å². The Kier molecular flexibility index (Phi) is 8.22. The van der Waals surface area contributed by atoms with Crippen molar-refractivity contribution in [3.63, 3.8) is 0 Å². The third-order valence-electron chi connectivity index (χ3n) is 3.23. The average Bonchev–Trinajstić information content (AvgIpc) is 2.93. The third kappa shape index (κ3) is 7.11. The van der Waals surface area contributed by atoms with Gasteiger partial charge in [0, 0.05) is 47.4 Å². The van der Waals surface area contributed by atoms with Crippen LogP contribution in [0.4, 0.5) is 0 Å². The molecule has 1 aromatic rings. The Morgan fingerprint density at radius 1 is 1.35 bits per heavy atom. The first kappa shape index (κ1) is 19.6. The zero-order chi connectivity index (χ0) is 17.3. The van der Waals surface area contributed by atoms with Gasteiger partial charge >= 0.3 is 0 Å². The second kappa shape index (κ2) is 9.64. The predicted octanol–water partition coefficient (Wildman–Crippen LogP) is 0.943. The fourth-order valence-electron chi connectivity index (χ4n) is 1.92. The van der Waals surface area contributed by atoms with Crippen molar-refractivity contribution in [1.29, 1.82) is 0 Å². The van der Waals surface area contributed by atoms with Crippen LogP contribution < -0.4 is 10.6 Å². The van der Waals surface area contributed by atoms with Crippen molar-refractivity contribution in [2.45, 2.75) is 52.3 Å². The van der Waals surface area contributed by atoms with E-state index < -0.39 is 10.8 Å². The number of nitrogens with zero attached hydrogens (tertiary/aromatic N) is 4. The fraction of sp³-hybridized carbons (Fsp3) is 0.800. The minimum atomic E-state index is -0.875. The molecule has 0 radical (unpaired) electrons. The van der Waals surface area contributed by atoms with Crippen LogP contribution in [0.2, 0.25) is 0 Å². The number of aliphatic imine (C=N–C) groups is 1. The lowest BCUT2D eigenvalue weighted by Crippen LogP contribution is -2.39. The van der Waals surface area contributed by atoms with E-state index in [1.54, 1.807) is 6.33 Å². The van der Waals surface area contributed by atoms with Crippen LogP contribution >= 0.6 is 0 Å². The lowest BCUT2D eigenvalue weighted by Gasteiger charge is -2.17. The van der Waals surface area contributed by atoms with E-state index in [1.807, 2.05) is 32.3 Å². The maximum Gasteiger partial charge on any atom is 0.191 e. The molecule has 1 heterocycles. The van der Waals surface area contributed by atoms with E-state index in [-0.39, 0.29) is 4.75 Å². The largest absolute Gasteiger partial charge is 0.357 e. The van der Waals surface area contributed by atoms with E-state index in [4.69, 9.17) is 0 Å². The number of nitrogens with one attached hydrogen (secondary N) is 2. The van der Waals surface area contributed by atoms with Crippen molar-refractivity contribution in [3.05, 3.63) is 12.2 Å². The summed E-state index contributed by atoms with van der Waals surface area (Å²) < 4.78 is 13.9. The summed E-state index contributed by atoms with van der Waals surface area (Å²) in [4.78, 5) is 4.49. The Morgan fingerprint density at radius 2 is 2.09 bits per heavy atom. The summed E-state index contributed by atoms with van der Waals surface area (Å²) in [5.74, 6) is 2.31. The monoisotopic (exact) mass is 342 g/mol. The summed E-state index contributed by atoms with van der Waals surface area (Å²) in [5.41, 5.74) is 0. The quantitative estimate of drug-likeness (QED) is 0.543. The summed E-state index contributed by atoms with van der Waals surface area (Å²) in [6, 6.07) is 0. The molecule has 0 aliphatic carbocycles. The molecule has 0 bridgehead atoms. The molecule has 7 nitrogen and oxygen atoms in total. The molecular formula is C15H30N6OS. The second-order valence-electron chi connectivity index (χ2n) is 6.14. The predicted molar refractivity (Wildman–Crippen MR) is 96.1 cm³/mol. The molecule has 1 rings (SSSR count). The first-order chi connectivity index (χ1) is 10.9. The van der Waals surface area contributed by atoms with Crippen LogP contribution in [0.1, 0.15) is 40.4 Å². The van der Waals surface area contributed by atoms with E-state index >= 15 is 0 Å². The van der Waals surface area contributed by atoms with Gasteiger partial charge in [-0.15, -0.1) is 10.2 Å². The smallest absolute Gasteiger partial charge is 0.191 e. The van der Waals surface area contributed by atoms with Crippen LogP contribution in [-0.4, -0.2) is 55.1 Å². The van der Waals surface area contributed by atoms with Crippen LogP contribution in [0.5, 0.6) is 0 Å². The van der Waals surface area contributed by atoms with E-state index in [0.29, 0.717) is 12.3 Å². The second-order valence-corrected chi connectivity index (χ2v) is 8.47. The number of rotatable bonds is 8. The maximum atomic E-state index is 12.0. The van der Waals surface area contributed by atoms with Gasteiger partial charge in [0.1, 0.15) is 12.2 Å². The third-order valence-corrected chi connectivity index (χ3v) is 5.15. The summed E-state index contributed by atoms with van der Waals surface area (Å²) in [6.07, 6.45) is 2.61. The van der Waals surface area contributed by atoms with Crippen molar-refractivity contribution in [1.82, 2.24) is 25.4 Å². The number of hydrogen-bond donors (Lipinski definition) is 2. The van der Waals surface area contributed by atoms with E-state index in [9.17, 15) is 4.21 Å². The molecule has 0 spiro atoms. The number of aromatic nitrogens is 3. The fourth-order valence-corrected chi connectivity index (χ4v) is 2.79. The van der Waals surface area contributed by atoms with Gasteiger partial charge in [-0.3, -0.25) is 9.20 Å².